The van der Waals surface area contributed by atoms with Gasteiger partial charge in [0, 0.05) is 19.1 Å². The molecule has 0 unspecified atom stereocenters. The van der Waals surface area contributed by atoms with Crippen LogP contribution >= 0.6 is 12.6 Å². The van der Waals surface area contributed by atoms with Crippen molar-refractivity contribution in [2.45, 2.75) is 39.2 Å². The van der Waals surface area contributed by atoms with Gasteiger partial charge in [-0.1, -0.05) is 6.42 Å². The fraction of sp³-hybridized carbons (Fsp3) is 1.00. The highest BCUT2D eigenvalue weighted by Crippen LogP contribution is 2.42. The first-order chi connectivity index (χ1) is 6.63. The lowest BCUT2D eigenvalue weighted by Gasteiger charge is -2.45. The summed E-state index contributed by atoms with van der Waals surface area (Å²) in [4.78, 5) is 2.37. The Morgan fingerprint density at radius 3 is 2.36 bits per heavy atom. The summed E-state index contributed by atoms with van der Waals surface area (Å²) in [5.74, 6) is 0.988. The third kappa shape index (κ3) is 2.88. The van der Waals surface area contributed by atoms with E-state index in [1.165, 1.54) is 19.3 Å². The van der Waals surface area contributed by atoms with Crippen molar-refractivity contribution in [2.24, 2.45) is 5.41 Å². The summed E-state index contributed by atoms with van der Waals surface area (Å²) in [6, 6.07) is 0.527. The molecule has 1 aliphatic rings. The Bertz CT molecular complexity index is 163. The van der Waals surface area contributed by atoms with Crippen LogP contribution in [-0.4, -0.2) is 41.5 Å². The van der Waals surface area contributed by atoms with E-state index in [2.05, 4.69) is 31.4 Å². The van der Waals surface area contributed by atoms with Gasteiger partial charge in [-0.15, -0.1) is 0 Å². The molecule has 0 bridgehead atoms. The monoisotopic (exact) mass is 217 g/mol. The molecular formula is C11H23NOS. The van der Waals surface area contributed by atoms with Crippen LogP contribution in [0.15, 0.2) is 0 Å². The van der Waals surface area contributed by atoms with Crippen molar-refractivity contribution in [3.8, 4) is 0 Å². The van der Waals surface area contributed by atoms with Gasteiger partial charge in [-0.3, -0.25) is 4.90 Å². The molecule has 1 saturated carbocycles. The quantitative estimate of drug-likeness (QED) is 0.663. The van der Waals surface area contributed by atoms with Crippen molar-refractivity contribution in [3.63, 3.8) is 0 Å². The molecule has 1 aliphatic carbocycles. The highest BCUT2D eigenvalue weighted by molar-refractivity contribution is 7.80. The molecule has 1 fully saturated rings. The topological polar surface area (TPSA) is 23.5 Å². The smallest absolute Gasteiger partial charge is 0.0558 e. The van der Waals surface area contributed by atoms with Gasteiger partial charge in [0.05, 0.1) is 6.61 Å². The first-order valence-corrected chi connectivity index (χ1v) is 6.22. The van der Waals surface area contributed by atoms with Gasteiger partial charge in [0.25, 0.3) is 0 Å². The van der Waals surface area contributed by atoms with Crippen LogP contribution in [0.1, 0.15) is 33.1 Å². The summed E-state index contributed by atoms with van der Waals surface area (Å²) in [6.45, 7) is 6.56. The van der Waals surface area contributed by atoms with Gasteiger partial charge in [0.1, 0.15) is 0 Å². The Balaban J connectivity index is 2.44. The predicted molar refractivity (Wildman–Crippen MR) is 63.9 cm³/mol. The molecule has 1 rings (SSSR count). The molecule has 84 valence electrons. The maximum Gasteiger partial charge on any atom is 0.0558 e. The van der Waals surface area contributed by atoms with Gasteiger partial charge in [-0.25, -0.2) is 0 Å². The SMILES string of the molecule is CC(C)N(CCO)CC1(CS)CCC1. The van der Waals surface area contributed by atoms with Crippen molar-refractivity contribution >= 4 is 12.6 Å². The van der Waals surface area contributed by atoms with Crippen LogP contribution in [0.2, 0.25) is 0 Å². The van der Waals surface area contributed by atoms with E-state index in [9.17, 15) is 0 Å². The van der Waals surface area contributed by atoms with Crippen LogP contribution in [-0.2, 0) is 0 Å². The number of aliphatic hydroxyl groups is 1. The van der Waals surface area contributed by atoms with Crippen molar-refractivity contribution in [1.29, 1.82) is 0 Å². The zero-order chi connectivity index (χ0) is 10.6. The maximum atomic E-state index is 8.99. The molecule has 14 heavy (non-hydrogen) atoms. The first-order valence-electron chi connectivity index (χ1n) is 5.59. The zero-order valence-electron chi connectivity index (χ0n) is 9.37. The maximum absolute atomic E-state index is 8.99. The highest BCUT2D eigenvalue weighted by atomic mass is 32.1. The molecule has 0 aliphatic heterocycles. The van der Waals surface area contributed by atoms with Crippen molar-refractivity contribution in [3.05, 3.63) is 0 Å². The summed E-state index contributed by atoms with van der Waals surface area (Å²) in [6.07, 6.45) is 3.97. The van der Waals surface area contributed by atoms with Gasteiger partial charge in [-0.2, -0.15) is 12.6 Å². The van der Waals surface area contributed by atoms with Crippen LogP contribution in [0, 0.1) is 5.41 Å². The van der Waals surface area contributed by atoms with E-state index in [1.807, 2.05) is 0 Å². The van der Waals surface area contributed by atoms with Crippen LogP contribution in [0.4, 0.5) is 0 Å². The lowest BCUT2D eigenvalue weighted by molar-refractivity contribution is 0.0607. The normalized spacial score (nSPS) is 20.1. The third-order valence-electron chi connectivity index (χ3n) is 3.41. The molecule has 0 amide bonds. The Kier molecular flexibility index (Phi) is 4.74. The summed E-state index contributed by atoms with van der Waals surface area (Å²) in [5.41, 5.74) is 0.447. The minimum atomic E-state index is 0.265. The Morgan fingerprint density at radius 1 is 1.43 bits per heavy atom. The van der Waals surface area contributed by atoms with E-state index < -0.39 is 0 Å². The van der Waals surface area contributed by atoms with E-state index in [0.29, 0.717) is 11.5 Å². The Morgan fingerprint density at radius 2 is 2.07 bits per heavy atom. The summed E-state index contributed by atoms with van der Waals surface area (Å²) in [5, 5.41) is 8.99. The molecule has 0 aromatic rings. The van der Waals surface area contributed by atoms with Gasteiger partial charge in [-0.05, 0) is 37.9 Å². The zero-order valence-corrected chi connectivity index (χ0v) is 10.3. The third-order valence-corrected chi connectivity index (χ3v) is 4.08. The molecule has 0 aromatic heterocycles. The average molecular weight is 217 g/mol. The van der Waals surface area contributed by atoms with Crippen molar-refractivity contribution in [2.75, 3.05) is 25.4 Å². The summed E-state index contributed by atoms with van der Waals surface area (Å²) >= 11 is 4.45. The minimum Gasteiger partial charge on any atom is -0.395 e. The van der Waals surface area contributed by atoms with E-state index in [4.69, 9.17) is 5.11 Å². The number of rotatable bonds is 6. The number of thiol groups is 1. The Hall–Kier alpha value is 0.270. The van der Waals surface area contributed by atoms with Crippen LogP contribution < -0.4 is 0 Å². The molecule has 1 N–H and O–H groups in total. The van der Waals surface area contributed by atoms with Gasteiger partial charge < -0.3 is 5.11 Å². The second-order valence-corrected chi connectivity index (χ2v) is 5.12. The van der Waals surface area contributed by atoms with Gasteiger partial charge in [0.15, 0.2) is 0 Å². The van der Waals surface area contributed by atoms with Crippen LogP contribution in [0.3, 0.4) is 0 Å². The Labute approximate surface area is 93.1 Å². The largest absolute Gasteiger partial charge is 0.395 e. The molecule has 0 heterocycles. The van der Waals surface area contributed by atoms with E-state index >= 15 is 0 Å². The number of nitrogens with zero attached hydrogens (tertiary/aromatic N) is 1. The number of hydrogen-bond donors (Lipinski definition) is 2. The predicted octanol–water partition coefficient (Wildman–Crippen LogP) is 1.79. The molecule has 0 spiro atoms. The van der Waals surface area contributed by atoms with E-state index in [1.54, 1.807) is 0 Å². The molecule has 3 heteroatoms. The van der Waals surface area contributed by atoms with Crippen LogP contribution in [0.25, 0.3) is 0 Å². The molecule has 2 nitrogen and oxygen atoms in total. The lowest BCUT2D eigenvalue weighted by atomic mass is 9.70. The molecular weight excluding hydrogens is 194 g/mol. The lowest BCUT2D eigenvalue weighted by Crippen LogP contribution is -2.47. The first kappa shape index (κ1) is 12.3. The highest BCUT2D eigenvalue weighted by Gasteiger charge is 2.37. The number of aliphatic hydroxyl groups excluding tert-OH is 1. The summed E-state index contributed by atoms with van der Waals surface area (Å²) < 4.78 is 0. The fourth-order valence-electron chi connectivity index (χ4n) is 2.12. The second kappa shape index (κ2) is 5.38. The molecule has 0 aromatic carbocycles. The van der Waals surface area contributed by atoms with E-state index in [-0.39, 0.29) is 6.61 Å². The van der Waals surface area contributed by atoms with Gasteiger partial charge >= 0.3 is 0 Å². The molecule has 0 saturated heterocycles. The van der Waals surface area contributed by atoms with Gasteiger partial charge in [0.2, 0.25) is 0 Å². The molecule has 0 atom stereocenters. The minimum absolute atomic E-state index is 0.265. The van der Waals surface area contributed by atoms with Crippen molar-refractivity contribution < 1.29 is 5.11 Å². The van der Waals surface area contributed by atoms with Crippen molar-refractivity contribution in [1.82, 2.24) is 4.90 Å². The fourth-order valence-corrected chi connectivity index (χ4v) is 2.54. The average Bonchev–Trinajstić information content (AvgIpc) is 2.09. The summed E-state index contributed by atoms with van der Waals surface area (Å²) in [7, 11) is 0. The van der Waals surface area contributed by atoms with E-state index in [0.717, 1.165) is 18.8 Å². The van der Waals surface area contributed by atoms with Crippen LogP contribution in [0.5, 0.6) is 0 Å². The standard InChI is InChI=1S/C11H23NOS/c1-10(2)12(6-7-13)8-11(9-14)4-3-5-11/h10,13-14H,3-9H2,1-2H3. The number of hydrogen-bond acceptors (Lipinski definition) is 3. The second-order valence-electron chi connectivity index (χ2n) is 4.80. The molecule has 0 radical (unpaired) electrons.